The van der Waals surface area contributed by atoms with Gasteiger partial charge in [0.1, 0.15) is 5.69 Å². The van der Waals surface area contributed by atoms with Crippen LogP contribution in [0.25, 0.3) is 0 Å². The molecule has 4 nitrogen and oxygen atoms in total. The van der Waals surface area contributed by atoms with Crippen LogP contribution in [0.2, 0.25) is 0 Å². The van der Waals surface area contributed by atoms with Gasteiger partial charge in [-0.3, -0.25) is 10.1 Å². The lowest BCUT2D eigenvalue weighted by Gasteiger charge is -2.15. The van der Waals surface area contributed by atoms with Gasteiger partial charge in [0.2, 0.25) is 0 Å². The van der Waals surface area contributed by atoms with Gasteiger partial charge >= 0.3 is 0 Å². The fourth-order valence-corrected chi connectivity index (χ4v) is 2.86. The van der Waals surface area contributed by atoms with Crippen molar-refractivity contribution in [3.8, 4) is 0 Å². The van der Waals surface area contributed by atoms with Crippen LogP contribution in [0.15, 0.2) is 12.1 Å². The molecule has 0 radical (unpaired) electrons. The van der Waals surface area contributed by atoms with Gasteiger partial charge in [0, 0.05) is 12.1 Å². The van der Waals surface area contributed by atoms with Gasteiger partial charge in [-0.15, -0.1) is 0 Å². The van der Waals surface area contributed by atoms with E-state index in [9.17, 15) is 10.1 Å². The second-order valence-corrected chi connectivity index (χ2v) is 5.64. The Bertz CT molecular complexity index is 485. The van der Waals surface area contributed by atoms with Crippen molar-refractivity contribution in [2.75, 3.05) is 5.32 Å². The number of nitrogens with one attached hydrogen (secondary N) is 1. The van der Waals surface area contributed by atoms with E-state index in [0.717, 1.165) is 29.9 Å². The molecule has 0 heterocycles. The van der Waals surface area contributed by atoms with E-state index >= 15 is 0 Å². The summed E-state index contributed by atoms with van der Waals surface area (Å²) in [5, 5.41) is 14.5. The van der Waals surface area contributed by atoms with Crippen LogP contribution in [0, 0.1) is 29.9 Å². The molecule has 1 aliphatic rings. The predicted molar refractivity (Wildman–Crippen MR) is 77.6 cm³/mol. The molecule has 1 saturated carbocycles. The molecule has 2 unspecified atom stereocenters. The van der Waals surface area contributed by atoms with E-state index in [4.69, 9.17) is 0 Å². The van der Waals surface area contributed by atoms with Crippen LogP contribution in [0.1, 0.15) is 43.7 Å². The molecule has 1 aliphatic carbocycles. The highest BCUT2D eigenvalue weighted by molar-refractivity contribution is 5.65. The van der Waals surface area contributed by atoms with Crippen molar-refractivity contribution >= 4 is 11.4 Å². The summed E-state index contributed by atoms with van der Waals surface area (Å²) in [6, 6.07) is 3.96. The van der Waals surface area contributed by atoms with Gasteiger partial charge in [-0.2, -0.15) is 0 Å². The quantitative estimate of drug-likeness (QED) is 0.653. The van der Waals surface area contributed by atoms with E-state index in [2.05, 4.69) is 12.2 Å². The molecule has 104 valence electrons. The highest BCUT2D eigenvalue weighted by atomic mass is 16.6. The third-order valence-corrected chi connectivity index (χ3v) is 4.29. The maximum absolute atomic E-state index is 11.1. The number of rotatable bonds is 4. The van der Waals surface area contributed by atoms with E-state index in [1.165, 1.54) is 12.8 Å². The van der Waals surface area contributed by atoms with Gasteiger partial charge in [-0.05, 0) is 56.2 Å². The first kappa shape index (κ1) is 13.8. The Morgan fingerprint density at radius 3 is 2.58 bits per heavy atom. The maximum Gasteiger partial charge on any atom is 0.292 e. The molecule has 0 aromatic heterocycles. The lowest BCUT2D eigenvalue weighted by Crippen LogP contribution is -2.16. The van der Waals surface area contributed by atoms with Gasteiger partial charge in [0.05, 0.1) is 4.92 Å². The lowest BCUT2D eigenvalue weighted by atomic mass is 10.0. The van der Waals surface area contributed by atoms with Crippen LogP contribution in [0.3, 0.4) is 0 Å². The summed E-state index contributed by atoms with van der Waals surface area (Å²) in [5.41, 5.74) is 2.94. The highest BCUT2D eigenvalue weighted by Gasteiger charge is 2.25. The Balaban J connectivity index is 2.20. The summed E-state index contributed by atoms with van der Waals surface area (Å²) in [5.74, 6) is 0.767. The van der Waals surface area contributed by atoms with Crippen LogP contribution in [-0.2, 0) is 0 Å². The molecule has 1 N–H and O–H groups in total. The summed E-state index contributed by atoms with van der Waals surface area (Å²) in [7, 11) is 0. The zero-order valence-electron chi connectivity index (χ0n) is 11.9. The summed E-state index contributed by atoms with van der Waals surface area (Å²) in [6.07, 6.45) is 4.67. The Kier molecular flexibility index (Phi) is 4.08. The Labute approximate surface area is 114 Å². The molecule has 0 saturated heterocycles. The van der Waals surface area contributed by atoms with Crippen molar-refractivity contribution in [1.82, 2.24) is 0 Å². The van der Waals surface area contributed by atoms with Gasteiger partial charge < -0.3 is 5.32 Å². The zero-order chi connectivity index (χ0) is 14.0. The smallest absolute Gasteiger partial charge is 0.292 e. The normalized spacial score (nSPS) is 22.5. The molecule has 0 aliphatic heterocycles. The number of benzene rings is 1. The van der Waals surface area contributed by atoms with Crippen molar-refractivity contribution in [2.45, 2.75) is 52.5 Å². The number of nitro groups is 1. The van der Waals surface area contributed by atoms with Crippen molar-refractivity contribution in [3.05, 3.63) is 33.4 Å². The molecule has 19 heavy (non-hydrogen) atoms. The van der Waals surface area contributed by atoms with E-state index in [1.54, 1.807) is 6.07 Å². The number of aryl methyl sites for hydroxylation is 2. The largest absolute Gasteiger partial charge is 0.377 e. The number of nitrogens with zero attached hydrogens (tertiary/aromatic N) is 1. The SMILES string of the molecule is CCC1CCC(Nc2cc(C)c(C)cc2[N+](=O)[O-])C1. The first-order valence-electron chi connectivity index (χ1n) is 7.03. The van der Waals surface area contributed by atoms with Crippen LogP contribution in [-0.4, -0.2) is 11.0 Å². The first-order valence-corrected chi connectivity index (χ1v) is 7.03. The molecule has 0 bridgehead atoms. The molecule has 1 aromatic rings. The monoisotopic (exact) mass is 262 g/mol. The number of anilines is 1. The first-order chi connectivity index (χ1) is 9.01. The van der Waals surface area contributed by atoms with Gasteiger partial charge in [0.15, 0.2) is 0 Å². The third kappa shape index (κ3) is 3.06. The average molecular weight is 262 g/mol. The minimum atomic E-state index is -0.291. The predicted octanol–water partition coefficient (Wildman–Crippen LogP) is 4.20. The second kappa shape index (κ2) is 5.59. The molecule has 2 rings (SSSR count). The Morgan fingerprint density at radius 1 is 1.32 bits per heavy atom. The van der Waals surface area contributed by atoms with E-state index in [-0.39, 0.29) is 10.6 Å². The summed E-state index contributed by atoms with van der Waals surface area (Å²) >= 11 is 0. The van der Waals surface area contributed by atoms with Crippen molar-refractivity contribution < 1.29 is 4.92 Å². The zero-order valence-corrected chi connectivity index (χ0v) is 11.9. The lowest BCUT2D eigenvalue weighted by molar-refractivity contribution is -0.384. The van der Waals surface area contributed by atoms with Crippen LogP contribution in [0.5, 0.6) is 0 Å². The average Bonchev–Trinajstić information content (AvgIpc) is 2.81. The van der Waals surface area contributed by atoms with Crippen molar-refractivity contribution in [2.24, 2.45) is 5.92 Å². The van der Waals surface area contributed by atoms with E-state index in [0.29, 0.717) is 11.7 Å². The second-order valence-electron chi connectivity index (χ2n) is 5.64. The molecule has 4 heteroatoms. The molecule has 1 fully saturated rings. The topological polar surface area (TPSA) is 55.2 Å². The molecular formula is C15H22N2O2. The van der Waals surface area contributed by atoms with Gasteiger partial charge in [-0.1, -0.05) is 13.3 Å². The fourth-order valence-electron chi connectivity index (χ4n) is 2.86. The Morgan fingerprint density at radius 2 is 2.00 bits per heavy atom. The minimum absolute atomic E-state index is 0.197. The van der Waals surface area contributed by atoms with Crippen molar-refractivity contribution in [3.63, 3.8) is 0 Å². The third-order valence-electron chi connectivity index (χ3n) is 4.29. The van der Waals surface area contributed by atoms with Crippen LogP contribution < -0.4 is 5.32 Å². The number of hydrogen-bond acceptors (Lipinski definition) is 3. The molecule has 0 amide bonds. The molecule has 2 atom stereocenters. The van der Waals surface area contributed by atoms with Crippen molar-refractivity contribution in [1.29, 1.82) is 0 Å². The van der Waals surface area contributed by atoms with Gasteiger partial charge in [0.25, 0.3) is 5.69 Å². The van der Waals surface area contributed by atoms with E-state index < -0.39 is 0 Å². The summed E-state index contributed by atoms with van der Waals surface area (Å²) in [6.45, 7) is 6.12. The van der Waals surface area contributed by atoms with Gasteiger partial charge in [-0.25, -0.2) is 0 Å². The summed E-state index contributed by atoms with van der Waals surface area (Å²) in [4.78, 5) is 10.9. The standard InChI is InChI=1S/C15H22N2O2/c1-4-12-5-6-13(9-12)16-14-7-10(2)11(3)8-15(14)17(18)19/h7-8,12-13,16H,4-6,9H2,1-3H3. The number of hydrogen-bond donors (Lipinski definition) is 1. The van der Waals surface area contributed by atoms with E-state index in [1.807, 2.05) is 19.9 Å². The highest BCUT2D eigenvalue weighted by Crippen LogP contribution is 2.34. The molecular weight excluding hydrogens is 240 g/mol. The maximum atomic E-state index is 11.1. The van der Waals surface area contributed by atoms with Crippen LogP contribution in [0.4, 0.5) is 11.4 Å². The van der Waals surface area contributed by atoms with Crippen LogP contribution >= 0.6 is 0 Å². The fraction of sp³-hybridized carbons (Fsp3) is 0.600. The summed E-state index contributed by atoms with van der Waals surface area (Å²) < 4.78 is 0. The molecule has 0 spiro atoms. The minimum Gasteiger partial charge on any atom is -0.377 e. The Hall–Kier alpha value is -1.58. The molecule has 1 aromatic carbocycles. The number of nitro benzene ring substituents is 1.